The van der Waals surface area contributed by atoms with Gasteiger partial charge in [0.1, 0.15) is 17.5 Å². The lowest BCUT2D eigenvalue weighted by Gasteiger charge is -2.47. The molecule has 0 saturated heterocycles. The van der Waals surface area contributed by atoms with Gasteiger partial charge in [0.05, 0.1) is 22.1 Å². The predicted octanol–water partition coefficient (Wildman–Crippen LogP) is 5.78. The lowest BCUT2D eigenvalue weighted by molar-refractivity contribution is -0.384. The molecule has 0 amide bonds. The SMILES string of the molecule is O=C(O)C1C2CCC(CC2)C1Nc1cc(-c2ccc([N+](=O)[O-])cc2)nc(-c2c[nH]c3c(F)cc(F)cc23)n1. The molecule has 2 aromatic carbocycles. The summed E-state index contributed by atoms with van der Waals surface area (Å²) in [4.78, 5) is 34.9. The van der Waals surface area contributed by atoms with Crippen molar-refractivity contribution in [2.45, 2.75) is 31.7 Å². The minimum absolute atomic E-state index is 0.0773. The van der Waals surface area contributed by atoms with Gasteiger partial charge in [-0.25, -0.2) is 18.7 Å². The number of nitrogens with zero attached hydrogens (tertiary/aromatic N) is 3. The standard InChI is InChI=1S/C27H23F2N5O4/c28-16-9-18-19(12-30-25(18)20(29)10-16)26-31-21(13-5-7-17(8-6-13)34(37)38)11-22(33-26)32-24-15-3-1-14(2-4-15)23(24)27(35)36/h5-12,14-15,23-24,30H,1-4H2,(H,35,36)(H,31,32,33). The van der Waals surface area contributed by atoms with Gasteiger partial charge in [0.2, 0.25) is 0 Å². The van der Waals surface area contributed by atoms with Crippen LogP contribution in [0.4, 0.5) is 20.3 Å². The van der Waals surface area contributed by atoms with Gasteiger partial charge >= 0.3 is 5.97 Å². The summed E-state index contributed by atoms with van der Waals surface area (Å²) < 4.78 is 28.5. The quantitative estimate of drug-likeness (QED) is 0.217. The molecule has 194 valence electrons. The Bertz CT molecular complexity index is 1560. The van der Waals surface area contributed by atoms with E-state index in [0.717, 1.165) is 31.7 Å². The molecule has 38 heavy (non-hydrogen) atoms. The van der Waals surface area contributed by atoms with E-state index in [2.05, 4.69) is 20.3 Å². The van der Waals surface area contributed by atoms with Crippen LogP contribution < -0.4 is 5.32 Å². The van der Waals surface area contributed by atoms with E-state index in [0.29, 0.717) is 22.6 Å². The average Bonchev–Trinajstić information content (AvgIpc) is 3.33. The highest BCUT2D eigenvalue weighted by Gasteiger charge is 2.47. The van der Waals surface area contributed by atoms with Crippen molar-refractivity contribution in [3.63, 3.8) is 0 Å². The molecule has 0 spiro atoms. The molecule has 11 heteroatoms. The van der Waals surface area contributed by atoms with Gasteiger partial charge in [0.25, 0.3) is 5.69 Å². The first-order chi connectivity index (χ1) is 18.3. The van der Waals surface area contributed by atoms with Crippen LogP contribution in [0.3, 0.4) is 0 Å². The Morgan fingerprint density at radius 2 is 1.76 bits per heavy atom. The number of hydrogen-bond acceptors (Lipinski definition) is 6. The smallest absolute Gasteiger partial charge is 0.308 e. The van der Waals surface area contributed by atoms with E-state index in [-0.39, 0.29) is 40.3 Å². The molecule has 2 bridgehead atoms. The fraction of sp³-hybridized carbons (Fsp3) is 0.296. The molecule has 0 aliphatic heterocycles. The Kier molecular flexibility index (Phi) is 5.77. The van der Waals surface area contributed by atoms with Gasteiger partial charge in [-0.15, -0.1) is 0 Å². The zero-order valence-corrected chi connectivity index (χ0v) is 20.0. The number of aliphatic carboxylic acids is 1. The molecule has 3 aliphatic carbocycles. The molecule has 7 rings (SSSR count). The molecule has 3 aliphatic rings. The van der Waals surface area contributed by atoms with E-state index in [1.165, 1.54) is 24.4 Å². The number of carboxylic acid groups (broad SMARTS) is 1. The summed E-state index contributed by atoms with van der Waals surface area (Å²) in [5, 5.41) is 24.7. The monoisotopic (exact) mass is 519 g/mol. The highest BCUT2D eigenvalue weighted by molar-refractivity contribution is 5.94. The molecular weight excluding hydrogens is 496 g/mol. The van der Waals surface area contributed by atoms with Crippen LogP contribution in [0.25, 0.3) is 33.5 Å². The lowest BCUT2D eigenvalue weighted by atomic mass is 9.61. The molecular formula is C27H23F2N5O4. The number of hydrogen-bond donors (Lipinski definition) is 3. The molecule has 9 nitrogen and oxygen atoms in total. The van der Waals surface area contributed by atoms with Crippen molar-refractivity contribution < 1.29 is 23.6 Å². The summed E-state index contributed by atoms with van der Waals surface area (Å²) in [6.07, 6.45) is 5.12. The largest absolute Gasteiger partial charge is 0.481 e. The fourth-order valence-corrected chi connectivity index (χ4v) is 6.07. The molecule has 2 unspecified atom stereocenters. The number of nitrogens with one attached hydrogen (secondary N) is 2. The highest BCUT2D eigenvalue weighted by atomic mass is 19.1. The number of aromatic nitrogens is 3. The summed E-state index contributed by atoms with van der Waals surface area (Å²) in [6.45, 7) is 0. The number of carboxylic acids is 1. The Hall–Kier alpha value is -4.41. The van der Waals surface area contributed by atoms with Crippen molar-refractivity contribution in [2.24, 2.45) is 17.8 Å². The summed E-state index contributed by atoms with van der Waals surface area (Å²) in [6, 6.07) is 9.17. The van der Waals surface area contributed by atoms with E-state index in [4.69, 9.17) is 0 Å². The third kappa shape index (κ3) is 4.13. The van der Waals surface area contributed by atoms with Crippen LogP contribution >= 0.6 is 0 Å². The number of non-ortho nitro benzene ring substituents is 1. The van der Waals surface area contributed by atoms with E-state index in [9.17, 15) is 28.8 Å². The second-order valence-corrected chi connectivity index (χ2v) is 9.99. The van der Waals surface area contributed by atoms with Crippen molar-refractivity contribution in [1.29, 1.82) is 0 Å². The first-order valence-corrected chi connectivity index (χ1v) is 12.4. The lowest BCUT2D eigenvalue weighted by Crippen LogP contribution is -2.51. The zero-order valence-electron chi connectivity index (χ0n) is 20.0. The molecule has 3 saturated carbocycles. The van der Waals surface area contributed by atoms with Crippen LogP contribution in [0, 0.1) is 39.5 Å². The van der Waals surface area contributed by atoms with Gasteiger partial charge in [0, 0.05) is 53.0 Å². The van der Waals surface area contributed by atoms with Crippen LogP contribution in [0.5, 0.6) is 0 Å². The topological polar surface area (TPSA) is 134 Å². The normalized spacial score (nSPS) is 22.5. The number of anilines is 1. The van der Waals surface area contributed by atoms with Crippen molar-refractivity contribution >= 4 is 28.4 Å². The molecule has 3 N–H and O–H groups in total. The number of nitro benzene ring substituents is 1. The van der Waals surface area contributed by atoms with E-state index < -0.39 is 28.4 Å². The van der Waals surface area contributed by atoms with Crippen molar-refractivity contribution in [1.82, 2.24) is 15.0 Å². The molecule has 2 atom stereocenters. The zero-order chi connectivity index (χ0) is 26.6. The second kappa shape index (κ2) is 9.16. The summed E-state index contributed by atoms with van der Waals surface area (Å²) >= 11 is 0. The number of halogens is 2. The van der Waals surface area contributed by atoms with E-state index >= 15 is 0 Å². The Morgan fingerprint density at radius 1 is 1.05 bits per heavy atom. The van der Waals surface area contributed by atoms with Crippen molar-refractivity contribution in [2.75, 3.05) is 5.32 Å². The summed E-state index contributed by atoms with van der Waals surface area (Å²) in [5.74, 6) is -2.08. The highest BCUT2D eigenvalue weighted by Crippen LogP contribution is 2.46. The fourth-order valence-electron chi connectivity index (χ4n) is 6.07. The maximum atomic E-state index is 14.4. The molecule has 2 heterocycles. The van der Waals surface area contributed by atoms with Gasteiger partial charge in [-0.1, -0.05) is 0 Å². The van der Waals surface area contributed by atoms with Gasteiger partial charge in [-0.2, -0.15) is 0 Å². The van der Waals surface area contributed by atoms with Gasteiger partial charge in [-0.05, 0) is 55.7 Å². The Morgan fingerprint density at radius 3 is 2.45 bits per heavy atom. The summed E-state index contributed by atoms with van der Waals surface area (Å²) in [5.41, 5.74) is 1.39. The third-order valence-electron chi connectivity index (χ3n) is 7.87. The Balaban J connectivity index is 1.47. The number of benzene rings is 2. The average molecular weight is 520 g/mol. The number of H-pyrrole nitrogens is 1. The molecule has 2 aromatic heterocycles. The first kappa shape index (κ1) is 24.0. The number of aromatic amines is 1. The van der Waals surface area contributed by atoms with Crippen LogP contribution in [0.1, 0.15) is 25.7 Å². The molecule has 4 aromatic rings. The van der Waals surface area contributed by atoms with Gasteiger partial charge in [-0.3, -0.25) is 14.9 Å². The number of fused-ring (bicyclic) bond motifs is 4. The molecule has 0 radical (unpaired) electrons. The maximum absolute atomic E-state index is 14.4. The number of rotatable bonds is 6. The van der Waals surface area contributed by atoms with E-state index in [1.807, 2.05) is 0 Å². The van der Waals surface area contributed by atoms with Gasteiger partial charge < -0.3 is 15.4 Å². The third-order valence-corrected chi connectivity index (χ3v) is 7.87. The van der Waals surface area contributed by atoms with Crippen LogP contribution in [-0.4, -0.2) is 37.0 Å². The van der Waals surface area contributed by atoms with Crippen LogP contribution in [0.2, 0.25) is 0 Å². The number of nitro groups is 1. The summed E-state index contributed by atoms with van der Waals surface area (Å²) in [7, 11) is 0. The second-order valence-electron chi connectivity index (χ2n) is 9.99. The van der Waals surface area contributed by atoms with Crippen LogP contribution in [0.15, 0.2) is 48.7 Å². The van der Waals surface area contributed by atoms with Crippen molar-refractivity contribution in [3.05, 3.63) is 70.4 Å². The first-order valence-electron chi connectivity index (χ1n) is 12.4. The van der Waals surface area contributed by atoms with Crippen molar-refractivity contribution in [3.8, 4) is 22.6 Å². The van der Waals surface area contributed by atoms with Gasteiger partial charge in [0.15, 0.2) is 5.82 Å². The Labute approximate surface area is 215 Å². The van der Waals surface area contributed by atoms with Crippen LogP contribution in [-0.2, 0) is 4.79 Å². The predicted molar refractivity (Wildman–Crippen MR) is 135 cm³/mol. The van der Waals surface area contributed by atoms with E-state index in [1.54, 1.807) is 18.2 Å². The minimum Gasteiger partial charge on any atom is -0.481 e. The number of carbonyl (C=O) groups is 1. The maximum Gasteiger partial charge on any atom is 0.308 e. The molecule has 3 fully saturated rings. The minimum atomic E-state index is -0.843.